The number of alkyl halides is 1. The van der Waals surface area contributed by atoms with E-state index in [0.29, 0.717) is 18.4 Å². The molecule has 140 valence electrons. The summed E-state index contributed by atoms with van der Waals surface area (Å²) in [6, 6.07) is 0.0537. The Balaban J connectivity index is 1.39. The fourth-order valence-corrected chi connectivity index (χ4v) is 4.53. The molecule has 24 heavy (non-hydrogen) atoms. The molecule has 3 unspecified atom stereocenters. The maximum atomic E-state index is 14.6. The first-order valence-electron chi connectivity index (χ1n) is 9.94. The van der Waals surface area contributed by atoms with Crippen LogP contribution in [0.5, 0.6) is 0 Å². The number of aliphatic hydroxyl groups is 1. The molecule has 3 fully saturated rings. The highest BCUT2D eigenvalue weighted by Gasteiger charge is 2.34. The zero-order chi connectivity index (χ0) is 16.8. The monoisotopic (exact) mass is 343 g/mol. The summed E-state index contributed by atoms with van der Waals surface area (Å²) in [6.45, 7) is 4.65. The third-order valence-corrected chi connectivity index (χ3v) is 6.20. The lowest BCUT2D eigenvalue weighted by Gasteiger charge is -2.39. The molecule has 0 amide bonds. The Morgan fingerprint density at radius 3 is 2.46 bits per heavy atom. The average Bonchev–Trinajstić information content (AvgIpc) is 2.82. The van der Waals surface area contributed by atoms with Crippen LogP contribution in [-0.2, 0) is 9.47 Å². The number of hydrogen-bond acceptors (Lipinski definition) is 4. The number of nitrogens with zero attached hydrogens (tertiary/aromatic N) is 1. The predicted molar refractivity (Wildman–Crippen MR) is 91.8 cm³/mol. The van der Waals surface area contributed by atoms with Crippen molar-refractivity contribution >= 4 is 0 Å². The van der Waals surface area contributed by atoms with Gasteiger partial charge in [-0.2, -0.15) is 0 Å². The highest BCUT2D eigenvalue weighted by molar-refractivity contribution is 4.87. The molecular weight excluding hydrogens is 309 g/mol. The second-order valence-electron chi connectivity index (χ2n) is 7.92. The number of aliphatic hydroxyl groups excluding tert-OH is 1. The van der Waals surface area contributed by atoms with E-state index in [9.17, 15) is 9.50 Å². The molecule has 3 aliphatic rings. The summed E-state index contributed by atoms with van der Waals surface area (Å²) in [6.07, 6.45) is 7.32. The Labute approximate surface area is 145 Å². The Morgan fingerprint density at radius 2 is 1.75 bits per heavy atom. The molecule has 1 saturated carbocycles. The molecule has 2 aliphatic heterocycles. The summed E-state index contributed by atoms with van der Waals surface area (Å²) in [5, 5.41) is 9.33. The van der Waals surface area contributed by atoms with Crippen molar-refractivity contribution in [1.82, 2.24) is 4.90 Å². The fraction of sp³-hybridized carbons (Fsp3) is 1.00. The predicted octanol–water partition coefficient (Wildman–Crippen LogP) is 2.78. The van der Waals surface area contributed by atoms with Crippen LogP contribution in [-0.4, -0.2) is 67.8 Å². The van der Waals surface area contributed by atoms with Crippen molar-refractivity contribution in [2.24, 2.45) is 11.8 Å². The number of rotatable bonds is 5. The minimum atomic E-state index is -0.788. The number of ether oxygens (including phenoxy) is 2. The van der Waals surface area contributed by atoms with Gasteiger partial charge in [-0.3, -0.25) is 4.90 Å². The molecule has 4 nitrogen and oxygen atoms in total. The van der Waals surface area contributed by atoms with E-state index in [1.807, 2.05) is 0 Å². The number of hydrogen-bond donors (Lipinski definition) is 1. The van der Waals surface area contributed by atoms with Gasteiger partial charge in [-0.05, 0) is 56.8 Å². The van der Waals surface area contributed by atoms with E-state index in [4.69, 9.17) is 9.47 Å². The van der Waals surface area contributed by atoms with Gasteiger partial charge in [0.15, 0.2) is 0 Å². The quantitative estimate of drug-likeness (QED) is 0.780. The van der Waals surface area contributed by atoms with E-state index < -0.39 is 6.17 Å². The van der Waals surface area contributed by atoms with Crippen molar-refractivity contribution in [2.75, 3.05) is 39.5 Å². The molecule has 0 spiro atoms. The van der Waals surface area contributed by atoms with Crippen LogP contribution in [0.3, 0.4) is 0 Å². The van der Waals surface area contributed by atoms with Crippen LogP contribution in [0.1, 0.15) is 51.4 Å². The molecule has 2 saturated heterocycles. The van der Waals surface area contributed by atoms with Crippen molar-refractivity contribution in [1.29, 1.82) is 0 Å². The standard InChI is InChI=1S/C19H34FNO3/c20-18-12-16(13-22)2-1-3-19(18)21-8-4-17(5-9-21)24-14-15-6-10-23-11-7-15/h15-19,22H,1-14H2. The molecular formula is C19H34FNO3. The van der Waals surface area contributed by atoms with Crippen LogP contribution in [0, 0.1) is 11.8 Å². The number of piperidine rings is 1. The van der Waals surface area contributed by atoms with Gasteiger partial charge in [0.05, 0.1) is 6.10 Å². The highest BCUT2D eigenvalue weighted by Crippen LogP contribution is 2.30. The second-order valence-corrected chi connectivity index (χ2v) is 7.92. The average molecular weight is 343 g/mol. The van der Waals surface area contributed by atoms with Crippen molar-refractivity contribution in [3.63, 3.8) is 0 Å². The highest BCUT2D eigenvalue weighted by atomic mass is 19.1. The largest absolute Gasteiger partial charge is 0.396 e. The van der Waals surface area contributed by atoms with Crippen LogP contribution in [0.2, 0.25) is 0 Å². The molecule has 0 aromatic carbocycles. The molecule has 3 rings (SSSR count). The zero-order valence-electron chi connectivity index (χ0n) is 14.9. The molecule has 5 heteroatoms. The molecule has 0 aromatic heterocycles. The third-order valence-electron chi connectivity index (χ3n) is 6.20. The first-order chi connectivity index (χ1) is 11.8. The van der Waals surface area contributed by atoms with E-state index in [-0.39, 0.29) is 18.6 Å². The lowest BCUT2D eigenvalue weighted by molar-refractivity contribution is -0.0429. The van der Waals surface area contributed by atoms with E-state index >= 15 is 0 Å². The maximum absolute atomic E-state index is 14.6. The molecule has 2 heterocycles. The first-order valence-corrected chi connectivity index (χ1v) is 9.94. The van der Waals surface area contributed by atoms with Crippen molar-refractivity contribution in [2.45, 2.75) is 69.7 Å². The molecule has 0 radical (unpaired) electrons. The molecule has 1 N–H and O–H groups in total. The van der Waals surface area contributed by atoms with Crippen molar-refractivity contribution < 1.29 is 19.0 Å². The smallest absolute Gasteiger partial charge is 0.116 e. The Morgan fingerprint density at radius 1 is 1.00 bits per heavy atom. The van der Waals surface area contributed by atoms with Crippen LogP contribution in [0.15, 0.2) is 0 Å². The summed E-state index contributed by atoms with van der Waals surface area (Å²) in [5.41, 5.74) is 0. The summed E-state index contributed by atoms with van der Waals surface area (Å²) < 4.78 is 26.2. The van der Waals surface area contributed by atoms with Crippen LogP contribution in [0.25, 0.3) is 0 Å². The second kappa shape index (κ2) is 9.46. The van der Waals surface area contributed by atoms with E-state index in [0.717, 1.165) is 77.9 Å². The van der Waals surface area contributed by atoms with Gasteiger partial charge in [0, 0.05) is 45.6 Å². The van der Waals surface area contributed by atoms with Gasteiger partial charge in [0.1, 0.15) is 6.17 Å². The van der Waals surface area contributed by atoms with Gasteiger partial charge in [0.25, 0.3) is 0 Å². The van der Waals surface area contributed by atoms with Gasteiger partial charge in [-0.15, -0.1) is 0 Å². The minimum Gasteiger partial charge on any atom is -0.396 e. The van der Waals surface area contributed by atoms with Crippen LogP contribution < -0.4 is 0 Å². The molecule has 3 atom stereocenters. The zero-order valence-corrected chi connectivity index (χ0v) is 14.9. The summed E-state index contributed by atoms with van der Waals surface area (Å²) in [7, 11) is 0. The molecule has 0 aromatic rings. The topological polar surface area (TPSA) is 41.9 Å². The van der Waals surface area contributed by atoms with E-state index in [2.05, 4.69) is 4.90 Å². The normalized spacial score (nSPS) is 35.0. The van der Waals surface area contributed by atoms with Crippen molar-refractivity contribution in [3.05, 3.63) is 0 Å². The SMILES string of the molecule is OCC1CCCC(N2CCC(OCC3CCOCC3)CC2)C(F)C1. The van der Waals surface area contributed by atoms with Crippen LogP contribution in [0.4, 0.5) is 4.39 Å². The number of halogens is 1. The Bertz CT molecular complexity index is 357. The Kier molecular flexibility index (Phi) is 7.32. The lowest BCUT2D eigenvalue weighted by Crippen LogP contribution is -2.47. The van der Waals surface area contributed by atoms with E-state index in [1.54, 1.807) is 0 Å². The van der Waals surface area contributed by atoms with Gasteiger partial charge in [-0.25, -0.2) is 4.39 Å². The van der Waals surface area contributed by atoms with Crippen molar-refractivity contribution in [3.8, 4) is 0 Å². The lowest BCUT2D eigenvalue weighted by atomic mass is 9.98. The first kappa shape index (κ1) is 18.6. The van der Waals surface area contributed by atoms with E-state index in [1.165, 1.54) is 0 Å². The molecule has 1 aliphatic carbocycles. The third kappa shape index (κ3) is 5.13. The van der Waals surface area contributed by atoms with Gasteiger partial charge >= 0.3 is 0 Å². The summed E-state index contributed by atoms with van der Waals surface area (Å²) in [4.78, 5) is 2.35. The minimum absolute atomic E-state index is 0.0537. The van der Waals surface area contributed by atoms with Gasteiger partial charge in [-0.1, -0.05) is 6.42 Å². The maximum Gasteiger partial charge on any atom is 0.116 e. The van der Waals surface area contributed by atoms with Gasteiger partial charge < -0.3 is 14.6 Å². The van der Waals surface area contributed by atoms with Gasteiger partial charge in [0.2, 0.25) is 0 Å². The summed E-state index contributed by atoms with van der Waals surface area (Å²) >= 11 is 0. The Hall–Kier alpha value is -0.230. The fourth-order valence-electron chi connectivity index (χ4n) is 4.53. The molecule has 0 bridgehead atoms. The number of likely N-dealkylation sites (tertiary alicyclic amines) is 1. The summed E-state index contributed by atoms with van der Waals surface area (Å²) in [5.74, 6) is 0.814. The van der Waals surface area contributed by atoms with Crippen LogP contribution >= 0.6 is 0 Å².